The number of halogens is 1. The van der Waals surface area contributed by atoms with Gasteiger partial charge >= 0.3 is 10.1 Å². The van der Waals surface area contributed by atoms with Gasteiger partial charge in [0.05, 0.1) is 0 Å². The van der Waals surface area contributed by atoms with Crippen LogP contribution in [0.4, 0.5) is 0 Å². The largest absolute Gasteiger partial charge is 0.377 e. The van der Waals surface area contributed by atoms with E-state index in [0.29, 0.717) is 16.8 Å². The van der Waals surface area contributed by atoms with E-state index in [9.17, 15) is 8.42 Å². The minimum absolute atomic E-state index is 0.225. The molecule has 0 bridgehead atoms. The molecule has 0 atom stereocenters. The van der Waals surface area contributed by atoms with Crippen LogP contribution >= 0.6 is 11.6 Å². The minimum Gasteiger partial charge on any atom is -0.377 e. The Morgan fingerprint density at radius 2 is 1.96 bits per heavy atom. The number of benzene rings is 2. The van der Waals surface area contributed by atoms with Crippen molar-refractivity contribution in [2.45, 2.75) is 38.0 Å². The van der Waals surface area contributed by atoms with E-state index in [0.717, 1.165) is 29.5 Å². The van der Waals surface area contributed by atoms with Gasteiger partial charge in [-0.2, -0.15) is 8.42 Å². The molecule has 4 nitrogen and oxygen atoms in total. The first-order chi connectivity index (χ1) is 11.9. The number of unbranched alkanes of at least 4 members (excludes halogenated alkanes) is 1. The molecule has 25 heavy (non-hydrogen) atoms. The molecule has 0 aliphatic carbocycles. The van der Waals surface area contributed by atoms with Gasteiger partial charge in [-0.25, -0.2) is 0 Å². The third-order valence-electron chi connectivity index (χ3n) is 4.09. The summed E-state index contributed by atoms with van der Waals surface area (Å²) in [6.45, 7) is 4.03. The molecule has 1 N–H and O–H groups in total. The predicted molar refractivity (Wildman–Crippen MR) is 101 cm³/mol. The Balaban J connectivity index is 2.00. The average molecular weight is 378 g/mol. The summed E-state index contributed by atoms with van der Waals surface area (Å²) >= 11 is 6.02. The molecule has 2 aromatic carbocycles. The molecule has 1 heterocycles. The van der Waals surface area contributed by atoms with Crippen LogP contribution in [0.2, 0.25) is 5.02 Å². The highest BCUT2D eigenvalue weighted by Crippen LogP contribution is 2.31. The van der Waals surface area contributed by atoms with Gasteiger partial charge in [-0.15, -0.1) is 0 Å². The van der Waals surface area contributed by atoms with Gasteiger partial charge < -0.3 is 9.17 Å². The number of aromatic nitrogens is 1. The van der Waals surface area contributed by atoms with Crippen molar-refractivity contribution in [2.24, 2.45) is 0 Å². The second kappa shape index (κ2) is 7.10. The van der Waals surface area contributed by atoms with Crippen LogP contribution in [0.1, 0.15) is 30.9 Å². The molecule has 0 unspecified atom stereocenters. The van der Waals surface area contributed by atoms with Crippen LogP contribution in [-0.4, -0.2) is 13.4 Å². The minimum atomic E-state index is -3.93. The molecular formula is C19H20ClNO3S. The van der Waals surface area contributed by atoms with Crippen molar-refractivity contribution in [3.8, 4) is 5.75 Å². The summed E-state index contributed by atoms with van der Waals surface area (Å²) in [7, 11) is -3.93. The molecular weight excluding hydrogens is 358 g/mol. The van der Waals surface area contributed by atoms with Crippen molar-refractivity contribution in [3.05, 3.63) is 58.7 Å². The summed E-state index contributed by atoms with van der Waals surface area (Å²) in [5, 5.41) is 1.16. The fourth-order valence-corrected chi connectivity index (χ4v) is 4.17. The van der Waals surface area contributed by atoms with Crippen LogP contribution in [0, 0.1) is 6.92 Å². The van der Waals surface area contributed by atoms with Crippen LogP contribution in [0.5, 0.6) is 5.75 Å². The number of fused-ring (bicyclic) bond motifs is 1. The van der Waals surface area contributed by atoms with Crippen molar-refractivity contribution < 1.29 is 12.6 Å². The zero-order valence-corrected chi connectivity index (χ0v) is 15.7. The monoisotopic (exact) mass is 377 g/mol. The van der Waals surface area contributed by atoms with Crippen LogP contribution in [0.3, 0.4) is 0 Å². The van der Waals surface area contributed by atoms with Gasteiger partial charge in [-0.1, -0.05) is 42.6 Å². The molecule has 0 fully saturated rings. The molecule has 0 saturated carbocycles. The average Bonchev–Trinajstić information content (AvgIpc) is 2.94. The number of H-pyrrole nitrogens is 1. The van der Waals surface area contributed by atoms with Crippen LogP contribution in [0.15, 0.2) is 47.5 Å². The van der Waals surface area contributed by atoms with Gasteiger partial charge in [-0.3, -0.25) is 0 Å². The van der Waals surface area contributed by atoms with E-state index in [4.69, 9.17) is 15.8 Å². The van der Waals surface area contributed by atoms with Crippen LogP contribution in [-0.2, 0) is 16.5 Å². The molecule has 0 amide bonds. The van der Waals surface area contributed by atoms with Crippen molar-refractivity contribution >= 4 is 32.6 Å². The first kappa shape index (κ1) is 17.8. The Kier molecular flexibility index (Phi) is 5.06. The first-order valence-electron chi connectivity index (χ1n) is 8.21. The molecule has 0 radical (unpaired) electrons. The molecule has 3 aromatic rings. The SMILES string of the molecule is CCCCc1cc(C)ccc1S(=O)(=O)Oc1c[nH]c2ccc(Cl)cc12. The van der Waals surface area contributed by atoms with E-state index < -0.39 is 10.1 Å². The summed E-state index contributed by atoms with van der Waals surface area (Å²) in [5.74, 6) is 0.250. The van der Waals surface area contributed by atoms with Gasteiger partial charge in [0.15, 0.2) is 5.75 Å². The highest BCUT2D eigenvalue weighted by molar-refractivity contribution is 7.87. The number of rotatable bonds is 6. The molecule has 3 rings (SSSR count). The second-order valence-electron chi connectivity index (χ2n) is 6.10. The van der Waals surface area contributed by atoms with E-state index in [1.165, 1.54) is 0 Å². The Bertz CT molecular complexity index is 1010. The number of hydrogen-bond donors (Lipinski definition) is 1. The molecule has 0 spiro atoms. The third kappa shape index (κ3) is 3.83. The number of aryl methyl sites for hydroxylation is 2. The van der Waals surface area contributed by atoms with Gasteiger partial charge in [-0.05, 0) is 49.6 Å². The molecule has 132 valence electrons. The zero-order valence-electron chi connectivity index (χ0n) is 14.2. The lowest BCUT2D eigenvalue weighted by atomic mass is 10.1. The maximum Gasteiger partial charge on any atom is 0.339 e. The molecule has 0 aliphatic rings. The normalized spacial score (nSPS) is 11.8. The van der Waals surface area contributed by atoms with E-state index in [-0.39, 0.29) is 10.6 Å². The summed E-state index contributed by atoms with van der Waals surface area (Å²) in [5.41, 5.74) is 2.59. The third-order valence-corrected chi connectivity index (χ3v) is 5.66. The molecule has 1 aromatic heterocycles. The van der Waals surface area contributed by atoms with Crippen molar-refractivity contribution in [1.82, 2.24) is 4.98 Å². The summed E-state index contributed by atoms with van der Waals surface area (Å²) in [6.07, 6.45) is 4.16. The van der Waals surface area contributed by atoms with Gasteiger partial charge in [0.1, 0.15) is 4.90 Å². The maximum atomic E-state index is 12.9. The highest BCUT2D eigenvalue weighted by atomic mass is 35.5. The number of nitrogens with one attached hydrogen (secondary N) is 1. The van der Waals surface area contributed by atoms with Gasteiger partial charge in [0.2, 0.25) is 0 Å². The number of hydrogen-bond acceptors (Lipinski definition) is 3. The molecule has 6 heteroatoms. The van der Waals surface area contributed by atoms with Crippen LogP contribution in [0.25, 0.3) is 10.9 Å². The topological polar surface area (TPSA) is 59.2 Å². The molecule has 0 aliphatic heterocycles. The van der Waals surface area contributed by atoms with Crippen molar-refractivity contribution in [3.63, 3.8) is 0 Å². The fraction of sp³-hybridized carbons (Fsp3) is 0.263. The smallest absolute Gasteiger partial charge is 0.339 e. The Hall–Kier alpha value is -1.98. The zero-order chi connectivity index (χ0) is 18.0. The highest BCUT2D eigenvalue weighted by Gasteiger charge is 2.22. The van der Waals surface area contributed by atoms with Gasteiger partial charge in [0.25, 0.3) is 0 Å². The van der Waals surface area contributed by atoms with Gasteiger partial charge in [0, 0.05) is 22.1 Å². The van der Waals surface area contributed by atoms with E-state index in [1.54, 1.807) is 36.5 Å². The lowest BCUT2D eigenvalue weighted by molar-refractivity contribution is 0.487. The van der Waals surface area contributed by atoms with E-state index in [1.807, 2.05) is 13.0 Å². The Morgan fingerprint density at radius 3 is 2.72 bits per heavy atom. The summed E-state index contributed by atoms with van der Waals surface area (Å²) in [6, 6.07) is 10.5. The quantitative estimate of drug-likeness (QED) is 0.597. The Labute approximate surface area is 152 Å². The van der Waals surface area contributed by atoms with Crippen LogP contribution < -0.4 is 4.18 Å². The fourth-order valence-electron chi connectivity index (χ4n) is 2.81. The summed E-state index contributed by atoms with van der Waals surface area (Å²) < 4.78 is 31.1. The van der Waals surface area contributed by atoms with Crippen molar-refractivity contribution in [2.75, 3.05) is 0 Å². The van der Waals surface area contributed by atoms with E-state index >= 15 is 0 Å². The molecule has 0 saturated heterocycles. The maximum absolute atomic E-state index is 12.9. The van der Waals surface area contributed by atoms with E-state index in [2.05, 4.69) is 11.9 Å². The second-order valence-corrected chi connectivity index (χ2v) is 8.05. The standard InChI is InChI=1S/C19H20ClNO3S/c1-3-4-5-14-10-13(2)6-9-19(14)25(22,23)24-18-12-21-17-8-7-15(20)11-16(17)18/h6-12,21H,3-5H2,1-2H3. The predicted octanol–water partition coefficient (Wildman–Crippen LogP) is 5.24. The summed E-state index contributed by atoms with van der Waals surface area (Å²) in [4.78, 5) is 3.22. The van der Waals surface area contributed by atoms with Crippen molar-refractivity contribution in [1.29, 1.82) is 0 Å². The first-order valence-corrected chi connectivity index (χ1v) is 10.00. The number of aromatic amines is 1. The Morgan fingerprint density at radius 1 is 1.16 bits per heavy atom. The lowest BCUT2D eigenvalue weighted by Gasteiger charge is -2.12. The lowest BCUT2D eigenvalue weighted by Crippen LogP contribution is -2.12.